The summed E-state index contributed by atoms with van der Waals surface area (Å²) in [6.07, 6.45) is 4.23. The van der Waals surface area contributed by atoms with Gasteiger partial charge in [0.25, 0.3) is 5.91 Å². The number of hydrogen-bond acceptors (Lipinski definition) is 3. The standard InChI is InChI=1S/C17H16N2O2/c20-12-4-7-15-6-1-2-8-16(15)17(21)19-11-9-14-5-3-10-18-13-14/h1-3,5-6,8,10,13,20H,9,11-12H2,(H,19,21). The third kappa shape index (κ3) is 4.44. The van der Waals surface area contributed by atoms with Gasteiger partial charge in [0.1, 0.15) is 6.61 Å². The van der Waals surface area contributed by atoms with E-state index in [-0.39, 0.29) is 12.5 Å². The molecule has 0 saturated carbocycles. The maximum absolute atomic E-state index is 12.2. The molecule has 1 aromatic heterocycles. The summed E-state index contributed by atoms with van der Waals surface area (Å²) in [6.45, 7) is 0.309. The quantitative estimate of drug-likeness (QED) is 0.832. The molecule has 0 saturated heterocycles. The average Bonchev–Trinajstić information content (AvgIpc) is 2.54. The molecule has 2 N–H and O–H groups in total. The summed E-state index contributed by atoms with van der Waals surface area (Å²) in [5, 5.41) is 11.6. The van der Waals surface area contributed by atoms with E-state index in [1.165, 1.54) is 0 Å². The summed E-state index contributed by atoms with van der Waals surface area (Å²) in [5.74, 6) is 5.18. The van der Waals surface area contributed by atoms with E-state index >= 15 is 0 Å². The third-order valence-corrected chi connectivity index (χ3v) is 2.90. The molecule has 1 amide bonds. The highest BCUT2D eigenvalue weighted by atomic mass is 16.2. The third-order valence-electron chi connectivity index (χ3n) is 2.90. The summed E-state index contributed by atoms with van der Waals surface area (Å²) in [6, 6.07) is 10.9. The van der Waals surface area contributed by atoms with Gasteiger partial charge in [-0.2, -0.15) is 0 Å². The summed E-state index contributed by atoms with van der Waals surface area (Å²) in [7, 11) is 0. The lowest BCUT2D eigenvalue weighted by Crippen LogP contribution is -2.26. The minimum Gasteiger partial charge on any atom is -0.384 e. The molecular weight excluding hydrogens is 264 g/mol. The molecule has 0 atom stereocenters. The van der Waals surface area contributed by atoms with Crippen molar-refractivity contribution >= 4 is 5.91 Å². The first kappa shape index (κ1) is 14.8. The molecule has 0 bridgehead atoms. The van der Waals surface area contributed by atoms with Crippen LogP contribution in [0.2, 0.25) is 0 Å². The predicted octanol–water partition coefficient (Wildman–Crippen LogP) is 1.40. The minimum atomic E-state index is -0.225. The van der Waals surface area contributed by atoms with Crippen LogP contribution in [0.5, 0.6) is 0 Å². The number of carbonyl (C=O) groups excluding carboxylic acids is 1. The van der Waals surface area contributed by atoms with Gasteiger partial charge in [0.2, 0.25) is 0 Å². The average molecular weight is 280 g/mol. The Balaban J connectivity index is 1.97. The number of amides is 1. The van der Waals surface area contributed by atoms with Crippen molar-refractivity contribution < 1.29 is 9.90 Å². The van der Waals surface area contributed by atoms with Crippen molar-refractivity contribution in [2.24, 2.45) is 0 Å². The number of hydrogen-bond donors (Lipinski definition) is 2. The zero-order valence-electron chi connectivity index (χ0n) is 11.5. The van der Waals surface area contributed by atoms with Gasteiger partial charge in [-0.3, -0.25) is 9.78 Å². The number of aliphatic hydroxyl groups excluding tert-OH is 1. The zero-order chi connectivity index (χ0) is 14.9. The highest BCUT2D eigenvalue weighted by Crippen LogP contribution is 2.07. The van der Waals surface area contributed by atoms with E-state index in [9.17, 15) is 4.79 Å². The molecule has 21 heavy (non-hydrogen) atoms. The first-order chi connectivity index (χ1) is 10.3. The predicted molar refractivity (Wildman–Crippen MR) is 80.7 cm³/mol. The van der Waals surface area contributed by atoms with Gasteiger partial charge in [-0.05, 0) is 30.2 Å². The van der Waals surface area contributed by atoms with Gasteiger partial charge in [-0.15, -0.1) is 0 Å². The fraction of sp³-hybridized carbons (Fsp3) is 0.176. The largest absolute Gasteiger partial charge is 0.384 e. The highest BCUT2D eigenvalue weighted by Gasteiger charge is 2.08. The molecule has 0 unspecified atom stereocenters. The van der Waals surface area contributed by atoms with Crippen LogP contribution in [0.25, 0.3) is 0 Å². The van der Waals surface area contributed by atoms with Crippen LogP contribution >= 0.6 is 0 Å². The van der Waals surface area contributed by atoms with Crippen molar-refractivity contribution in [2.75, 3.05) is 13.2 Å². The van der Waals surface area contributed by atoms with E-state index in [0.29, 0.717) is 17.7 Å². The molecular formula is C17H16N2O2. The molecule has 0 aliphatic heterocycles. The number of benzene rings is 1. The van der Waals surface area contributed by atoms with Gasteiger partial charge in [-0.1, -0.05) is 30.0 Å². The fourth-order valence-electron chi connectivity index (χ4n) is 1.89. The van der Waals surface area contributed by atoms with Crippen molar-refractivity contribution in [3.8, 4) is 11.8 Å². The van der Waals surface area contributed by atoms with Gasteiger partial charge >= 0.3 is 0 Å². The van der Waals surface area contributed by atoms with Crippen LogP contribution in [0.4, 0.5) is 0 Å². The van der Waals surface area contributed by atoms with E-state index in [4.69, 9.17) is 5.11 Å². The van der Waals surface area contributed by atoms with Crippen molar-refractivity contribution in [1.29, 1.82) is 0 Å². The van der Waals surface area contributed by atoms with Gasteiger partial charge in [-0.25, -0.2) is 0 Å². The van der Waals surface area contributed by atoms with E-state index in [1.54, 1.807) is 30.6 Å². The topological polar surface area (TPSA) is 62.2 Å². The van der Waals surface area contributed by atoms with Crippen LogP contribution in [-0.4, -0.2) is 29.1 Å². The van der Waals surface area contributed by atoms with Crippen LogP contribution in [0.1, 0.15) is 21.5 Å². The molecule has 1 heterocycles. The smallest absolute Gasteiger partial charge is 0.252 e. The van der Waals surface area contributed by atoms with Gasteiger partial charge in [0.15, 0.2) is 0 Å². The second-order valence-corrected chi connectivity index (χ2v) is 4.37. The number of nitrogens with zero attached hydrogens (tertiary/aromatic N) is 1. The van der Waals surface area contributed by atoms with Crippen molar-refractivity contribution in [3.63, 3.8) is 0 Å². The van der Waals surface area contributed by atoms with Gasteiger partial charge in [0, 0.05) is 24.5 Å². The summed E-state index contributed by atoms with van der Waals surface area (Å²) >= 11 is 0. The molecule has 0 fully saturated rings. The van der Waals surface area contributed by atoms with Crippen molar-refractivity contribution in [1.82, 2.24) is 10.3 Å². The lowest BCUT2D eigenvalue weighted by Gasteiger charge is -2.07. The molecule has 4 heteroatoms. The number of pyridine rings is 1. The van der Waals surface area contributed by atoms with Crippen LogP contribution in [0, 0.1) is 11.8 Å². The second-order valence-electron chi connectivity index (χ2n) is 4.37. The van der Waals surface area contributed by atoms with E-state index in [2.05, 4.69) is 22.1 Å². The minimum absolute atomic E-state index is 0.165. The molecule has 2 aromatic rings. The van der Waals surface area contributed by atoms with Gasteiger partial charge in [0.05, 0.1) is 5.56 Å². The van der Waals surface area contributed by atoms with Gasteiger partial charge < -0.3 is 10.4 Å². The monoisotopic (exact) mass is 280 g/mol. The van der Waals surface area contributed by atoms with Crippen LogP contribution in [0.15, 0.2) is 48.8 Å². The van der Waals surface area contributed by atoms with Crippen molar-refractivity contribution in [3.05, 3.63) is 65.5 Å². The number of nitrogens with one attached hydrogen (secondary N) is 1. The number of rotatable bonds is 4. The van der Waals surface area contributed by atoms with E-state index < -0.39 is 0 Å². The molecule has 2 rings (SSSR count). The molecule has 0 aliphatic rings. The Hall–Kier alpha value is -2.64. The van der Waals surface area contributed by atoms with Crippen molar-refractivity contribution in [2.45, 2.75) is 6.42 Å². The number of aliphatic hydroxyl groups is 1. The lowest BCUT2D eigenvalue weighted by molar-refractivity contribution is 0.0954. The van der Waals surface area contributed by atoms with E-state index in [0.717, 1.165) is 12.0 Å². The van der Waals surface area contributed by atoms with Crippen LogP contribution in [-0.2, 0) is 6.42 Å². The Morgan fingerprint density at radius 2 is 2.10 bits per heavy atom. The Bertz CT molecular complexity index is 657. The Labute approximate surface area is 123 Å². The highest BCUT2D eigenvalue weighted by molar-refractivity contribution is 5.96. The SMILES string of the molecule is O=C(NCCc1cccnc1)c1ccccc1C#CCO. The molecule has 4 nitrogen and oxygen atoms in total. The lowest BCUT2D eigenvalue weighted by atomic mass is 10.1. The molecule has 1 aromatic carbocycles. The Morgan fingerprint density at radius 1 is 1.24 bits per heavy atom. The number of carbonyl (C=O) groups is 1. The molecule has 0 aliphatic carbocycles. The fourth-order valence-corrected chi connectivity index (χ4v) is 1.89. The summed E-state index contributed by atoms with van der Waals surface area (Å²) in [4.78, 5) is 16.2. The van der Waals surface area contributed by atoms with Crippen LogP contribution in [0.3, 0.4) is 0 Å². The zero-order valence-corrected chi connectivity index (χ0v) is 11.5. The maximum atomic E-state index is 12.2. The second kappa shape index (κ2) is 7.83. The summed E-state index contributed by atoms with van der Waals surface area (Å²) in [5.41, 5.74) is 2.21. The first-order valence-corrected chi connectivity index (χ1v) is 6.67. The van der Waals surface area contributed by atoms with E-state index in [1.807, 2.05) is 18.2 Å². The molecule has 0 spiro atoms. The maximum Gasteiger partial charge on any atom is 0.252 e. The van der Waals surface area contributed by atoms with Crippen LogP contribution < -0.4 is 5.32 Å². The normalized spacial score (nSPS) is 9.57. The number of aromatic nitrogens is 1. The summed E-state index contributed by atoms with van der Waals surface area (Å²) < 4.78 is 0. The molecule has 106 valence electrons. The first-order valence-electron chi connectivity index (χ1n) is 6.67. The Kier molecular flexibility index (Phi) is 5.50. The Morgan fingerprint density at radius 3 is 2.86 bits per heavy atom. The molecule has 0 radical (unpaired) electrons.